The van der Waals surface area contributed by atoms with Gasteiger partial charge in [0, 0.05) is 0 Å². The Labute approximate surface area is 90.8 Å². The summed E-state index contributed by atoms with van der Waals surface area (Å²) in [7, 11) is 0. The average Bonchev–Trinajstić information content (AvgIpc) is 2.76. The van der Waals surface area contributed by atoms with E-state index in [-0.39, 0.29) is 0 Å². The van der Waals surface area contributed by atoms with E-state index in [4.69, 9.17) is 5.73 Å². The highest BCUT2D eigenvalue weighted by Crippen LogP contribution is 2.20. The van der Waals surface area contributed by atoms with Gasteiger partial charge >= 0.3 is 0 Å². The number of fused-ring (bicyclic) bond motifs is 1. The topological polar surface area (TPSA) is 111 Å². The Kier molecular flexibility index (Phi) is 2.07. The van der Waals surface area contributed by atoms with E-state index in [1.807, 2.05) is 0 Å². The predicted molar refractivity (Wildman–Crippen MR) is 55.7 cm³/mol. The van der Waals surface area contributed by atoms with Gasteiger partial charge in [0.25, 0.3) is 0 Å². The van der Waals surface area contributed by atoms with Crippen LogP contribution in [0.5, 0.6) is 0 Å². The van der Waals surface area contributed by atoms with E-state index in [0.29, 0.717) is 22.9 Å². The highest BCUT2D eigenvalue weighted by Gasteiger charge is 2.19. The number of quaternary nitrogens is 1. The lowest BCUT2D eigenvalue weighted by Crippen LogP contribution is -2.89. The quantitative estimate of drug-likeness (QED) is 0.572. The molecule has 1 aliphatic heterocycles. The summed E-state index contributed by atoms with van der Waals surface area (Å²) in [6, 6.07) is 0. The highest BCUT2D eigenvalue weighted by molar-refractivity contribution is 5.72. The van der Waals surface area contributed by atoms with Crippen molar-refractivity contribution in [2.24, 2.45) is 0 Å². The number of aromatic nitrogens is 4. The maximum atomic E-state index is 5.84. The molecule has 1 saturated heterocycles. The van der Waals surface area contributed by atoms with Crippen molar-refractivity contribution in [1.29, 1.82) is 0 Å². The van der Waals surface area contributed by atoms with E-state index in [9.17, 15) is 0 Å². The minimum Gasteiger partial charge on any atom is -0.381 e. The van der Waals surface area contributed by atoms with Gasteiger partial charge in [-0.05, 0) is 10.3 Å². The van der Waals surface area contributed by atoms with Crippen molar-refractivity contribution in [3.63, 3.8) is 0 Å². The van der Waals surface area contributed by atoms with Crippen LogP contribution >= 0.6 is 0 Å². The molecule has 3 rings (SSSR count). The smallest absolute Gasteiger partial charge is 0.245 e. The van der Waals surface area contributed by atoms with Crippen molar-refractivity contribution >= 4 is 22.9 Å². The maximum absolute atomic E-state index is 5.84. The lowest BCUT2D eigenvalue weighted by molar-refractivity contribution is -0.655. The number of piperazine rings is 1. The van der Waals surface area contributed by atoms with Gasteiger partial charge in [0.1, 0.15) is 0 Å². The van der Waals surface area contributed by atoms with E-state index in [1.54, 1.807) is 0 Å². The zero-order valence-corrected chi connectivity index (χ0v) is 8.63. The fourth-order valence-corrected chi connectivity index (χ4v) is 1.84. The van der Waals surface area contributed by atoms with Crippen LogP contribution in [0.1, 0.15) is 0 Å². The molecule has 4 N–H and O–H groups in total. The number of nitrogens with two attached hydrogens (primary N) is 2. The Morgan fingerprint density at radius 2 is 1.81 bits per heavy atom. The largest absolute Gasteiger partial charge is 0.381 e. The Morgan fingerprint density at radius 1 is 1.12 bits per heavy atom. The zero-order chi connectivity index (χ0) is 11.0. The van der Waals surface area contributed by atoms with Gasteiger partial charge in [0.15, 0.2) is 11.6 Å². The molecular weight excluding hydrogens is 210 g/mol. The summed E-state index contributed by atoms with van der Waals surface area (Å²) in [4.78, 5) is 10.5. The van der Waals surface area contributed by atoms with Crippen LogP contribution in [0.25, 0.3) is 11.3 Å². The second-order valence-electron chi connectivity index (χ2n) is 3.70. The fourth-order valence-electron chi connectivity index (χ4n) is 1.84. The summed E-state index contributed by atoms with van der Waals surface area (Å²) in [6.07, 6.45) is 0. The van der Waals surface area contributed by atoms with Crippen LogP contribution in [0.4, 0.5) is 11.6 Å². The monoisotopic (exact) mass is 222 g/mol. The van der Waals surface area contributed by atoms with Crippen molar-refractivity contribution in [2.75, 3.05) is 36.8 Å². The van der Waals surface area contributed by atoms with Crippen molar-refractivity contribution in [2.45, 2.75) is 0 Å². The molecule has 0 amide bonds. The van der Waals surface area contributed by atoms with E-state index in [2.05, 4.69) is 35.1 Å². The van der Waals surface area contributed by atoms with Crippen molar-refractivity contribution in [1.82, 2.24) is 20.3 Å². The third-order valence-corrected chi connectivity index (χ3v) is 2.63. The van der Waals surface area contributed by atoms with E-state index < -0.39 is 0 Å². The second kappa shape index (κ2) is 3.56. The Morgan fingerprint density at radius 3 is 2.56 bits per heavy atom. The minimum atomic E-state index is 0.352. The summed E-state index contributed by atoms with van der Waals surface area (Å²) < 4.78 is 4.56. The molecule has 16 heavy (non-hydrogen) atoms. The summed E-state index contributed by atoms with van der Waals surface area (Å²) in [5.74, 6) is 1.06. The average molecular weight is 222 g/mol. The van der Waals surface area contributed by atoms with Crippen molar-refractivity contribution in [3.8, 4) is 0 Å². The first-order chi connectivity index (χ1) is 7.84. The molecule has 0 saturated carbocycles. The molecule has 0 unspecified atom stereocenters. The van der Waals surface area contributed by atoms with E-state index in [1.165, 1.54) is 0 Å². The van der Waals surface area contributed by atoms with Crippen LogP contribution in [0.3, 0.4) is 0 Å². The van der Waals surface area contributed by atoms with Crippen LogP contribution in [0.15, 0.2) is 4.63 Å². The highest BCUT2D eigenvalue weighted by atomic mass is 16.6. The normalized spacial score (nSPS) is 16.9. The van der Waals surface area contributed by atoms with Crippen LogP contribution in [-0.4, -0.2) is 46.5 Å². The van der Waals surface area contributed by atoms with Gasteiger partial charge in [-0.25, -0.2) is 14.6 Å². The number of hydrogen-bond acceptors (Lipinski definition) is 7. The standard InChI is InChI=1S/C8H11N7O/c9-5-8(15-3-1-10-2-4-15)12-7-6(11-5)13-16-14-7/h10H,1-4H2,(H2,9,11,13)/p+1. The van der Waals surface area contributed by atoms with E-state index >= 15 is 0 Å². The van der Waals surface area contributed by atoms with Gasteiger partial charge in [-0.15, -0.1) is 0 Å². The minimum absolute atomic E-state index is 0.352. The summed E-state index contributed by atoms with van der Waals surface area (Å²) in [5.41, 5.74) is 6.60. The molecule has 0 bridgehead atoms. The molecule has 1 aliphatic rings. The molecule has 1 fully saturated rings. The lowest BCUT2D eigenvalue weighted by Gasteiger charge is -2.26. The molecule has 0 aromatic carbocycles. The number of nitrogens with zero attached hydrogens (tertiary/aromatic N) is 5. The van der Waals surface area contributed by atoms with Gasteiger partial charge in [0.2, 0.25) is 11.3 Å². The maximum Gasteiger partial charge on any atom is 0.245 e. The van der Waals surface area contributed by atoms with Gasteiger partial charge in [0.05, 0.1) is 26.2 Å². The molecule has 0 radical (unpaired) electrons. The molecule has 2 aromatic rings. The van der Waals surface area contributed by atoms with Gasteiger partial charge in [-0.3, -0.25) is 0 Å². The van der Waals surface area contributed by atoms with E-state index in [0.717, 1.165) is 26.2 Å². The van der Waals surface area contributed by atoms with Crippen LogP contribution in [0, 0.1) is 0 Å². The number of nitrogen functional groups attached to an aromatic ring is 1. The second-order valence-corrected chi connectivity index (χ2v) is 3.70. The third kappa shape index (κ3) is 1.43. The first-order valence-electron chi connectivity index (χ1n) is 5.17. The summed E-state index contributed by atoms with van der Waals surface area (Å²) >= 11 is 0. The summed E-state index contributed by atoms with van der Waals surface area (Å²) in [5, 5.41) is 9.53. The molecule has 0 aliphatic carbocycles. The van der Waals surface area contributed by atoms with Gasteiger partial charge < -0.3 is 16.0 Å². The Balaban J connectivity index is 2.03. The molecule has 84 valence electrons. The number of hydrogen-bond donors (Lipinski definition) is 2. The lowest BCUT2D eigenvalue weighted by atomic mass is 10.3. The predicted octanol–water partition coefficient (Wildman–Crippen LogP) is -2.02. The molecule has 8 nitrogen and oxygen atoms in total. The molecule has 3 heterocycles. The van der Waals surface area contributed by atoms with Crippen LogP contribution in [0.2, 0.25) is 0 Å². The van der Waals surface area contributed by atoms with Crippen LogP contribution in [-0.2, 0) is 0 Å². The first-order valence-corrected chi connectivity index (χ1v) is 5.17. The zero-order valence-electron chi connectivity index (χ0n) is 8.63. The van der Waals surface area contributed by atoms with Crippen molar-refractivity contribution < 1.29 is 9.95 Å². The Bertz CT molecular complexity index is 504. The Hall–Kier alpha value is -1.96. The molecule has 2 aromatic heterocycles. The van der Waals surface area contributed by atoms with Gasteiger partial charge in [-0.1, -0.05) is 0 Å². The first kappa shape index (κ1) is 9.28. The number of rotatable bonds is 1. The SMILES string of the molecule is Nc1nc2nonc2nc1N1CC[NH2+]CC1. The molecule has 0 spiro atoms. The molecule has 8 heteroatoms. The fraction of sp³-hybridized carbons (Fsp3) is 0.500. The molecular formula is C8H12N7O+. The third-order valence-electron chi connectivity index (χ3n) is 2.63. The van der Waals surface area contributed by atoms with Gasteiger partial charge in [-0.2, -0.15) is 0 Å². The molecule has 0 atom stereocenters. The van der Waals surface area contributed by atoms with Crippen molar-refractivity contribution in [3.05, 3.63) is 0 Å². The van der Waals surface area contributed by atoms with Crippen LogP contribution < -0.4 is 16.0 Å². The number of anilines is 2. The summed E-state index contributed by atoms with van der Waals surface area (Å²) in [6.45, 7) is 3.90.